The van der Waals surface area contributed by atoms with Crippen molar-refractivity contribution in [3.8, 4) is 0 Å². The topological polar surface area (TPSA) is 46.5 Å². The summed E-state index contributed by atoms with van der Waals surface area (Å²) in [7, 11) is 1.41. The molecule has 1 atom stereocenters. The number of unbranched alkanes of at least 4 members (excludes halogenated alkanes) is 3. The molecule has 0 aliphatic heterocycles. The molecule has 3 nitrogen and oxygen atoms in total. The van der Waals surface area contributed by atoms with E-state index in [1.165, 1.54) is 7.11 Å². The fourth-order valence-electron chi connectivity index (χ4n) is 1.16. The molecule has 0 aromatic rings. The molecule has 13 heavy (non-hydrogen) atoms. The van der Waals surface area contributed by atoms with Crippen LogP contribution in [0.2, 0.25) is 0 Å². The molecule has 78 valence electrons. The summed E-state index contributed by atoms with van der Waals surface area (Å²) >= 11 is 0. The second-order valence-electron chi connectivity index (χ2n) is 3.38. The number of carbonyl (C=O) groups is 1. The smallest absolute Gasteiger partial charge is 0.305 e. The van der Waals surface area contributed by atoms with Crippen LogP contribution in [0, 0.1) is 0 Å². The van der Waals surface area contributed by atoms with Crippen LogP contribution in [0.1, 0.15) is 45.4 Å². The average molecular weight is 188 g/mol. The highest BCUT2D eigenvalue weighted by Crippen LogP contribution is 2.07. The third-order valence-electron chi connectivity index (χ3n) is 1.98. The minimum absolute atomic E-state index is 0.129. The summed E-state index contributed by atoms with van der Waals surface area (Å²) in [5, 5.41) is 8.96. The van der Waals surface area contributed by atoms with E-state index >= 15 is 0 Å². The summed E-state index contributed by atoms with van der Waals surface area (Å²) < 4.78 is 4.52. The van der Waals surface area contributed by atoms with Crippen LogP contribution in [0.5, 0.6) is 0 Å². The van der Waals surface area contributed by atoms with Crippen LogP contribution in [-0.4, -0.2) is 24.3 Å². The molecule has 0 saturated carbocycles. The first kappa shape index (κ1) is 12.4. The second kappa shape index (κ2) is 8.05. The van der Waals surface area contributed by atoms with Gasteiger partial charge in [-0.25, -0.2) is 0 Å². The lowest BCUT2D eigenvalue weighted by Crippen LogP contribution is -2.00. The van der Waals surface area contributed by atoms with Gasteiger partial charge >= 0.3 is 5.97 Å². The third kappa shape index (κ3) is 9.34. The molecular formula is C10H20O3. The molecule has 0 aliphatic carbocycles. The van der Waals surface area contributed by atoms with E-state index in [0.29, 0.717) is 6.42 Å². The molecule has 0 aliphatic rings. The third-order valence-corrected chi connectivity index (χ3v) is 1.98. The number of hydrogen-bond donors (Lipinski definition) is 1. The molecule has 0 bridgehead atoms. The molecule has 0 amide bonds. The van der Waals surface area contributed by atoms with Crippen LogP contribution in [0.4, 0.5) is 0 Å². The zero-order valence-corrected chi connectivity index (χ0v) is 8.58. The Hall–Kier alpha value is -0.570. The van der Waals surface area contributed by atoms with Gasteiger partial charge in [0.25, 0.3) is 0 Å². The van der Waals surface area contributed by atoms with Crippen molar-refractivity contribution in [1.82, 2.24) is 0 Å². The van der Waals surface area contributed by atoms with Gasteiger partial charge in [0.1, 0.15) is 0 Å². The highest BCUT2D eigenvalue weighted by Gasteiger charge is 1.99. The first-order valence-corrected chi connectivity index (χ1v) is 4.91. The molecule has 0 aromatic carbocycles. The molecule has 0 unspecified atom stereocenters. The summed E-state index contributed by atoms with van der Waals surface area (Å²) in [6.07, 6.45) is 5.25. The van der Waals surface area contributed by atoms with Gasteiger partial charge in [-0.05, 0) is 19.8 Å². The molecule has 3 heteroatoms. The second-order valence-corrected chi connectivity index (χ2v) is 3.38. The van der Waals surface area contributed by atoms with E-state index in [2.05, 4.69) is 4.74 Å². The fourth-order valence-corrected chi connectivity index (χ4v) is 1.16. The molecular weight excluding hydrogens is 168 g/mol. The summed E-state index contributed by atoms with van der Waals surface area (Å²) in [6.45, 7) is 1.80. The number of carbonyl (C=O) groups excluding carboxylic acids is 1. The molecule has 0 rings (SSSR count). The highest BCUT2D eigenvalue weighted by atomic mass is 16.5. The van der Waals surface area contributed by atoms with Crippen molar-refractivity contribution >= 4 is 5.97 Å². The number of methoxy groups -OCH3 is 1. The Balaban J connectivity index is 3.04. The van der Waals surface area contributed by atoms with Crippen LogP contribution in [0.3, 0.4) is 0 Å². The Morgan fingerprint density at radius 2 is 1.92 bits per heavy atom. The van der Waals surface area contributed by atoms with Gasteiger partial charge in [0, 0.05) is 6.42 Å². The van der Waals surface area contributed by atoms with Crippen molar-refractivity contribution in [3.05, 3.63) is 0 Å². The average Bonchev–Trinajstić information content (AvgIpc) is 2.10. The largest absolute Gasteiger partial charge is 0.469 e. The van der Waals surface area contributed by atoms with E-state index in [-0.39, 0.29) is 12.1 Å². The maximum atomic E-state index is 10.7. The number of aliphatic hydroxyl groups is 1. The van der Waals surface area contributed by atoms with Crippen LogP contribution in [0.15, 0.2) is 0 Å². The highest BCUT2D eigenvalue weighted by molar-refractivity contribution is 5.68. The maximum absolute atomic E-state index is 10.7. The molecule has 0 radical (unpaired) electrons. The van der Waals surface area contributed by atoms with Crippen LogP contribution in [-0.2, 0) is 9.53 Å². The van der Waals surface area contributed by atoms with E-state index < -0.39 is 0 Å². The predicted molar refractivity (Wildman–Crippen MR) is 51.4 cm³/mol. The predicted octanol–water partition coefficient (Wildman–Crippen LogP) is 1.88. The van der Waals surface area contributed by atoms with Gasteiger partial charge in [-0.15, -0.1) is 0 Å². The molecule has 0 aromatic heterocycles. The lowest BCUT2D eigenvalue weighted by atomic mass is 10.1. The van der Waals surface area contributed by atoms with Gasteiger partial charge in [-0.3, -0.25) is 4.79 Å². The van der Waals surface area contributed by atoms with Gasteiger partial charge in [0.15, 0.2) is 0 Å². The number of aliphatic hydroxyl groups excluding tert-OH is 1. The van der Waals surface area contributed by atoms with Gasteiger partial charge < -0.3 is 9.84 Å². The Kier molecular flexibility index (Phi) is 7.69. The summed E-state index contributed by atoms with van der Waals surface area (Å²) in [5.74, 6) is -0.129. The minimum atomic E-state index is -0.194. The monoisotopic (exact) mass is 188 g/mol. The lowest BCUT2D eigenvalue weighted by Gasteiger charge is -2.03. The number of rotatable bonds is 7. The van der Waals surface area contributed by atoms with Gasteiger partial charge in [-0.1, -0.05) is 19.3 Å². The van der Waals surface area contributed by atoms with E-state index in [9.17, 15) is 4.79 Å². The SMILES string of the molecule is COC(=O)CCCCCC[C@@H](C)O. The van der Waals surface area contributed by atoms with E-state index in [4.69, 9.17) is 5.11 Å². The van der Waals surface area contributed by atoms with Crippen LogP contribution < -0.4 is 0 Å². The van der Waals surface area contributed by atoms with Gasteiger partial charge in [-0.2, -0.15) is 0 Å². The fraction of sp³-hybridized carbons (Fsp3) is 0.900. The van der Waals surface area contributed by atoms with Crippen molar-refractivity contribution in [2.45, 2.75) is 51.6 Å². The number of hydrogen-bond acceptors (Lipinski definition) is 3. The summed E-state index contributed by atoms with van der Waals surface area (Å²) in [6, 6.07) is 0. The number of ether oxygens (including phenoxy) is 1. The summed E-state index contributed by atoms with van der Waals surface area (Å²) in [5.41, 5.74) is 0. The number of esters is 1. The van der Waals surface area contributed by atoms with Crippen molar-refractivity contribution in [3.63, 3.8) is 0 Å². The first-order valence-electron chi connectivity index (χ1n) is 4.91. The van der Waals surface area contributed by atoms with Crippen LogP contribution >= 0.6 is 0 Å². The van der Waals surface area contributed by atoms with Crippen molar-refractivity contribution < 1.29 is 14.6 Å². The van der Waals surface area contributed by atoms with Crippen molar-refractivity contribution in [1.29, 1.82) is 0 Å². The first-order chi connectivity index (χ1) is 6.16. The lowest BCUT2D eigenvalue weighted by molar-refractivity contribution is -0.140. The molecule has 0 heterocycles. The minimum Gasteiger partial charge on any atom is -0.469 e. The molecule has 0 fully saturated rings. The molecule has 0 saturated heterocycles. The van der Waals surface area contributed by atoms with E-state index in [1.807, 2.05) is 0 Å². The Morgan fingerprint density at radius 1 is 1.31 bits per heavy atom. The normalized spacial score (nSPS) is 12.5. The zero-order valence-electron chi connectivity index (χ0n) is 8.58. The van der Waals surface area contributed by atoms with Crippen LogP contribution in [0.25, 0.3) is 0 Å². The Labute approximate surface area is 80.1 Å². The Morgan fingerprint density at radius 3 is 2.46 bits per heavy atom. The standard InChI is InChI=1S/C10H20O3/c1-9(11)7-5-3-4-6-8-10(12)13-2/h9,11H,3-8H2,1-2H3/t9-/m1/s1. The van der Waals surface area contributed by atoms with Gasteiger partial charge in [0.2, 0.25) is 0 Å². The maximum Gasteiger partial charge on any atom is 0.305 e. The summed E-state index contributed by atoms with van der Waals surface area (Å²) in [4.78, 5) is 10.7. The van der Waals surface area contributed by atoms with Crippen molar-refractivity contribution in [2.24, 2.45) is 0 Å². The quantitative estimate of drug-likeness (QED) is 0.490. The van der Waals surface area contributed by atoms with E-state index in [0.717, 1.165) is 32.1 Å². The molecule has 1 N–H and O–H groups in total. The Bertz CT molecular complexity index is 132. The van der Waals surface area contributed by atoms with Crippen molar-refractivity contribution in [2.75, 3.05) is 7.11 Å². The van der Waals surface area contributed by atoms with Gasteiger partial charge in [0.05, 0.1) is 13.2 Å². The zero-order chi connectivity index (χ0) is 10.1. The molecule has 0 spiro atoms. The van der Waals surface area contributed by atoms with E-state index in [1.54, 1.807) is 6.92 Å².